The number of benzene rings is 3. The van der Waals surface area contributed by atoms with Crippen molar-refractivity contribution in [2.45, 2.75) is 22.6 Å². The second-order valence-corrected chi connectivity index (χ2v) is 12.3. The van der Waals surface area contributed by atoms with E-state index >= 15 is 0 Å². The first kappa shape index (κ1) is 25.0. The van der Waals surface area contributed by atoms with E-state index in [1.165, 1.54) is 47.1 Å². The molecule has 184 valence electrons. The standard InChI is InChI=1S/C29H26F3N2PS/c30-29(31,32)24-10-14-26(15-11-24)36-28-27(7-4-16-33-28)23-8-12-25(13-9-23)35-19-17-34(18-20-35)21-22-5-2-1-3-6-22/h1-16H,17-21H2. The highest BCUT2D eigenvalue weighted by Gasteiger charge is 2.30. The molecule has 0 unspecified atom stereocenters. The molecule has 7 heteroatoms. The summed E-state index contributed by atoms with van der Waals surface area (Å²) >= 11 is 1.38. The monoisotopic (exact) mass is 522 g/mol. The molecule has 4 aromatic rings. The van der Waals surface area contributed by atoms with Gasteiger partial charge >= 0.3 is 6.18 Å². The maximum Gasteiger partial charge on any atom is 0.416 e. The zero-order chi connectivity index (χ0) is 25.0. The Bertz CT molecular complexity index is 1270. The summed E-state index contributed by atoms with van der Waals surface area (Å²) in [7, 11) is -0.164. The molecule has 1 saturated heterocycles. The number of alkyl halides is 3. The number of rotatable bonds is 6. The van der Waals surface area contributed by atoms with Crippen molar-refractivity contribution >= 4 is 25.0 Å². The van der Waals surface area contributed by atoms with Crippen LogP contribution in [0, 0.1) is 0 Å². The summed E-state index contributed by atoms with van der Waals surface area (Å²) in [5.74, 6) is 0. The fraction of sp³-hybridized carbons (Fsp3) is 0.207. The third-order valence-corrected chi connectivity index (χ3v) is 9.87. The summed E-state index contributed by atoms with van der Waals surface area (Å²) in [6.07, 6.45) is -0.190. The summed E-state index contributed by atoms with van der Waals surface area (Å²) in [5, 5.41) is 2.21. The van der Waals surface area contributed by atoms with Crippen LogP contribution in [0.5, 0.6) is 0 Å². The molecule has 5 rings (SSSR count). The summed E-state index contributed by atoms with van der Waals surface area (Å²) in [5.41, 5.74) is 2.78. The normalized spacial score (nSPS) is 15.2. The van der Waals surface area contributed by atoms with Gasteiger partial charge in [-0.05, 0) is 59.1 Å². The number of aromatic nitrogens is 1. The molecule has 0 saturated carbocycles. The SMILES string of the molecule is FC(F)(F)c1ccc(Sc2ncccc2-c2ccc(P3CCN(Cc4ccccc4)CC3)cc2)cc1. The summed E-state index contributed by atoms with van der Waals surface area (Å²) < 4.78 is 38.7. The second-order valence-electron chi connectivity index (χ2n) is 8.78. The minimum absolute atomic E-state index is 0.164. The minimum Gasteiger partial charge on any atom is -0.298 e. The van der Waals surface area contributed by atoms with Gasteiger partial charge in [-0.3, -0.25) is 4.90 Å². The molecule has 0 amide bonds. The lowest BCUT2D eigenvalue weighted by Crippen LogP contribution is -2.34. The lowest BCUT2D eigenvalue weighted by Gasteiger charge is -2.32. The molecule has 36 heavy (non-hydrogen) atoms. The van der Waals surface area contributed by atoms with Crippen LogP contribution in [0.3, 0.4) is 0 Å². The Kier molecular flexibility index (Phi) is 7.76. The van der Waals surface area contributed by atoms with Crippen LogP contribution < -0.4 is 5.30 Å². The van der Waals surface area contributed by atoms with E-state index in [-0.39, 0.29) is 7.92 Å². The zero-order valence-corrected chi connectivity index (χ0v) is 21.4. The van der Waals surface area contributed by atoms with Crippen LogP contribution in [0.25, 0.3) is 11.1 Å². The highest BCUT2D eigenvalue weighted by Crippen LogP contribution is 2.39. The van der Waals surface area contributed by atoms with Crippen LogP contribution in [0.15, 0.2) is 107 Å². The van der Waals surface area contributed by atoms with Crippen LogP contribution in [0.1, 0.15) is 11.1 Å². The van der Waals surface area contributed by atoms with Gasteiger partial charge in [0.15, 0.2) is 0 Å². The predicted octanol–water partition coefficient (Wildman–Crippen LogP) is 7.54. The number of hydrogen-bond acceptors (Lipinski definition) is 3. The molecule has 1 fully saturated rings. The third-order valence-electron chi connectivity index (χ3n) is 6.33. The largest absolute Gasteiger partial charge is 0.416 e. The van der Waals surface area contributed by atoms with E-state index < -0.39 is 11.7 Å². The topological polar surface area (TPSA) is 16.1 Å². The molecule has 0 N–H and O–H groups in total. The van der Waals surface area contributed by atoms with Gasteiger partial charge in [-0.1, -0.05) is 80.3 Å². The van der Waals surface area contributed by atoms with E-state index in [1.807, 2.05) is 12.1 Å². The molecule has 0 radical (unpaired) electrons. The van der Waals surface area contributed by atoms with E-state index in [0.717, 1.165) is 52.8 Å². The summed E-state index contributed by atoms with van der Waals surface area (Å²) in [6, 6.07) is 28.6. The highest BCUT2D eigenvalue weighted by molar-refractivity contribution is 7.99. The van der Waals surface area contributed by atoms with E-state index in [2.05, 4.69) is 64.5 Å². The van der Waals surface area contributed by atoms with Crippen molar-refractivity contribution in [1.29, 1.82) is 0 Å². The quantitative estimate of drug-likeness (QED) is 0.243. The average molecular weight is 523 g/mol. The number of nitrogens with zero attached hydrogens (tertiary/aromatic N) is 2. The Morgan fingerprint density at radius 2 is 1.50 bits per heavy atom. The second kappa shape index (κ2) is 11.2. The van der Waals surface area contributed by atoms with Gasteiger partial charge in [0.2, 0.25) is 0 Å². The molecule has 0 atom stereocenters. The molecule has 1 aromatic heterocycles. The van der Waals surface area contributed by atoms with Gasteiger partial charge in [-0.2, -0.15) is 13.2 Å². The Morgan fingerprint density at radius 3 is 2.17 bits per heavy atom. The molecule has 0 bridgehead atoms. The minimum atomic E-state index is -4.33. The first-order valence-electron chi connectivity index (χ1n) is 11.9. The lowest BCUT2D eigenvalue weighted by molar-refractivity contribution is -0.137. The van der Waals surface area contributed by atoms with E-state index in [9.17, 15) is 13.2 Å². The van der Waals surface area contributed by atoms with Gasteiger partial charge in [0, 0.05) is 36.3 Å². The Labute approximate surface area is 215 Å². The van der Waals surface area contributed by atoms with Crippen molar-refractivity contribution < 1.29 is 13.2 Å². The van der Waals surface area contributed by atoms with Crippen molar-refractivity contribution in [3.63, 3.8) is 0 Å². The average Bonchev–Trinajstić information content (AvgIpc) is 2.90. The van der Waals surface area contributed by atoms with Crippen molar-refractivity contribution in [2.75, 3.05) is 25.4 Å². The first-order valence-corrected chi connectivity index (χ1v) is 14.4. The predicted molar refractivity (Wildman–Crippen MR) is 143 cm³/mol. The molecule has 0 spiro atoms. The van der Waals surface area contributed by atoms with Crippen LogP contribution in [0.4, 0.5) is 13.2 Å². The number of hydrogen-bond donors (Lipinski definition) is 0. The maximum absolute atomic E-state index is 12.9. The summed E-state index contributed by atoms with van der Waals surface area (Å²) in [6.45, 7) is 3.26. The third kappa shape index (κ3) is 6.18. The van der Waals surface area contributed by atoms with Crippen LogP contribution in [0.2, 0.25) is 0 Å². The molecule has 1 aliphatic heterocycles. The van der Waals surface area contributed by atoms with E-state index in [0.29, 0.717) is 0 Å². The van der Waals surface area contributed by atoms with Crippen LogP contribution in [-0.4, -0.2) is 35.3 Å². The number of halogens is 3. The van der Waals surface area contributed by atoms with Gasteiger partial charge in [0.25, 0.3) is 0 Å². The van der Waals surface area contributed by atoms with Gasteiger partial charge in [-0.15, -0.1) is 0 Å². The molecule has 3 aromatic carbocycles. The van der Waals surface area contributed by atoms with E-state index in [4.69, 9.17) is 0 Å². The smallest absolute Gasteiger partial charge is 0.298 e. The van der Waals surface area contributed by atoms with Gasteiger partial charge in [0.1, 0.15) is 5.03 Å². The number of pyridine rings is 1. The van der Waals surface area contributed by atoms with Crippen molar-refractivity contribution in [1.82, 2.24) is 9.88 Å². The van der Waals surface area contributed by atoms with Gasteiger partial charge in [0.05, 0.1) is 5.56 Å². The molecule has 1 aliphatic rings. The van der Waals surface area contributed by atoms with Crippen molar-refractivity contribution in [2.24, 2.45) is 0 Å². The fourth-order valence-corrected chi connectivity index (χ4v) is 7.64. The van der Waals surface area contributed by atoms with Crippen molar-refractivity contribution in [3.05, 3.63) is 108 Å². The molecular formula is C29H26F3N2PS. The van der Waals surface area contributed by atoms with Crippen LogP contribution in [-0.2, 0) is 12.7 Å². The van der Waals surface area contributed by atoms with Gasteiger partial charge < -0.3 is 0 Å². The Morgan fingerprint density at radius 1 is 0.806 bits per heavy atom. The first-order chi connectivity index (χ1) is 17.5. The highest BCUT2D eigenvalue weighted by atomic mass is 32.2. The fourth-order valence-electron chi connectivity index (χ4n) is 4.37. The Balaban J connectivity index is 1.24. The maximum atomic E-state index is 12.9. The van der Waals surface area contributed by atoms with Crippen LogP contribution >= 0.6 is 19.7 Å². The molecule has 2 nitrogen and oxygen atoms in total. The van der Waals surface area contributed by atoms with Crippen molar-refractivity contribution in [3.8, 4) is 11.1 Å². The molecule has 0 aliphatic carbocycles. The Hall–Kier alpha value is -2.66. The zero-order valence-electron chi connectivity index (χ0n) is 19.7. The lowest BCUT2D eigenvalue weighted by atomic mass is 10.1. The molecular weight excluding hydrogens is 496 g/mol. The van der Waals surface area contributed by atoms with E-state index in [1.54, 1.807) is 6.20 Å². The van der Waals surface area contributed by atoms with Gasteiger partial charge in [-0.25, -0.2) is 4.98 Å². The summed E-state index contributed by atoms with van der Waals surface area (Å²) in [4.78, 5) is 7.79. The molecule has 2 heterocycles.